The highest BCUT2D eigenvalue weighted by Gasteiger charge is 2.18. The molecule has 0 heterocycles. The molecule has 16 heavy (non-hydrogen) atoms. The molecule has 0 aliphatic heterocycles. The zero-order valence-electron chi connectivity index (χ0n) is 9.24. The summed E-state index contributed by atoms with van der Waals surface area (Å²) >= 11 is 5.75. The Morgan fingerprint density at radius 2 is 2.06 bits per heavy atom. The van der Waals surface area contributed by atoms with E-state index in [0.29, 0.717) is 11.4 Å². The van der Waals surface area contributed by atoms with Crippen LogP contribution in [0.3, 0.4) is 0 Å². The van der Waals surface area contributed by atoms with E-state index in [1.165, 1.54) is 0 Å². The average Bonchev–Trinajstić information content (AvgIpc) is 2.30. The summed E-state index contributed by atoms with van der Waals surface area (Å²) in [7, 11) is 0. The molecule has 1 rings (SSSR count). The van der Waals surface area contributed by atoms with E-state index in [0.717, 1.165) is 18.4 Å². The van der Waals surface area contributed by atoms with E-state index in [2.05, 4.69) is 6.07 Å². The molecule has 3 heteroatoms. The molecule has 0 spiro atoms. The van der Waals surface area contributed by atoms with Crippen molar-refractivity contribution in [2.75, 3.05) is 0 Å². The van der Waals surface area contributed by atoms with Gasteiger partial charge in [-0.3, -0.25) is 4.79 Å². The van der Waals surface area contributed by atoms with Gasteiger partial charge in [0.15, 0.2) is 5.78 Å². The number of rotatable bonds is 5. The van der Waals surface area contributed by atoms with Gasteiger partial charge in [-0.15, -0.1) is 0 Å². The number of carbonyl (C=O) groups is 1. The lowest BCUT2D eigenvalue weighted by Crippen LogP contribution is -2.10. The zero-order chi connectivity index (χ0) is 12.0. The van der Waals surface area contributed by atoms with E-state index in [1.54, 1.807) is 24.3 Å². The van der Waals surface area contributed by atoms with Crippen molar-refractivity contribution in [2.45, 2.75) is 32.1 Å². The van der Waals surface area contributed by atoms with Crippen molar-refractivity contribution >= 4 is 17.4 Å². The van der Waals surface area contributed by atoms with Crippen molar-refractivity contribution in [3.8, 4) is 6.07 Å². The number of nitriles is 1. The first-order chi connectivity index (χ1) is 7.69. The SMILES string of the molecule is CCCCC(=O)C(C#N)c1ccc(Cl)cc1. The Bertz CT molecular complexity index is 391. The number of benzene rings is 1. The molecular formula is C13H14ClNO. The number of hydrogen-bond acceptors (Lipinski definition) is 2. The van der Waals surface area contributed by atoms with Crippen LogP contribution in [0.15, 0.2) is 24.3 Å². The molecule has 0 saturated heterocycles. The van der Waals surface area contributed by atoms with Gasteiger partial charge in [-0.05, 0) is 24.1 Å². The molecule has 0 radical (unpaired) electrons. The minimum absolute atomic E-state index is 0.00771. The number of unbranched alkanes of at least 4 members (excludes halogenated alkanes) is 1. The predicted molar refractivity (Wildman–Crippen MR) is 64.3 cm³/mol. The van der Waals surface area contributed by atoms with Crippen LogP contribution in [0.2, 0.25) is 5.02 Å². The van der Waals surface area contributed by atoms with Crippen LogP contribution in [-0.2, 0) is 4.79 Å². The van der Waals surface area contributed by atoms with E-state index in [1.807, 2.05) is 6.92 Å². The smallest absolute Gasteiger partial charge is 0.154 e. The summed E-state index contributed by atoms with van der Waals surface area (Å²) in [6.07, 6.45) is 2.27. The maximum atomic E-state index is 11.8. The molecule has 1 aromatic rings. The molecule has 1 aromatic carbocycles. The highest BCUT2D eigenvalue weighted by Crippen LogP contribution is 2.20. The van der Waals surface area contributed by atoms with Crippen molar-refractivity contribution in [1.29, 1.82) is 5.26 Å². The van der Waals surface area contributed by atoms with Crippen LogP contribution < -0.4 is 0 Å². The third-order valence-corrected chi connectivity index (χ3v) is 2.68. The summed E-state index contributed by atoms with van der Waals surface area (Å²) in [5, 5.41) is 9.63. The predicted octanol–water partition coefficient (Wildman–Crippen LogP) is 3.71. The fourth-order valence-corrected chi connectivity index (χ4v) is 1.61. The molecule has 84 valence electrons. The Kier molecular flexibility index (Phi) is 5.01. The van der Waals surface area contributed by atoms with Crippen molar-refractivity contribution in [3.63, 3.8) is 0 Å². The lowest BCUT2D eigenvalue weighted by atomic mass is 9.93. The molecule has 1 atom stereocenters. The molecule has 2 nitrogen and oxygen atoms in total. The van der Waals surface area contributed by atoms with Crippen molar-refractivity contribution in [1.82, 2.24) is 0 Å². The fraction of sp³-hybridized carbons (Fsp3) is 0.385. The fourth-order valence-electron chi connectivity index (χ4n) is 1.48. The monoisotopic (exact) mass is 235 g/mol. The summed E-state index contributed by atoms with van der Waals surface area (Å²) in [4.78, 5) is 11.8. The topological polar surface area (TPSA) is 40.9 Å². The van der Waals surface area contributed by atoms with Gasteiger partial charge in [0.2, 0.25) is 0 Å². The third-order valence-electron chi connectivity index (χ3n) is 2.43. The van der Waals surface area contributed by atoms with Gasteiger partial charge in [-0.25, -0.2) is 0 Å². The van der Waals surface area contributed by atoms with Crippen molar-refractivity contribution < 1.29 is 4.79 Å². The minimum atomic E-state index is -0.649. The standard InChI is InChI=1S/C13H14ClNO/c1-2-3-4-13(16)12(9-15)10-5-7-11(14)8-6-10/h5-8,12H,2-4H2,1H3. The van der Waals surface area contributed by atoms with Crippen LogP contribution >= 0.6 is 11.6 Å². The zero-order valence-corrected chi connectivity index (χ0v) is 10.00. The third kappa shape index (κ3) is 3.36. The Balaban J connectivity index is 2.79. The van der Waals surface area contributed by atoms with Crippen molar-refractivity contribution in [2.24, 2.45) is 0 Å². The normalized spacial score (nSPS) is 11.8. The van der Waals surface area contributed by atoms with Crippen LogP contribution in [0, 0.1) is 11.3 Å². The number of halogens is 1. The van der Waals surface area contributed by atoms with Crippen LogP contribution in [-0.4, -0.2) is 5.78 Å². The van der Waals surface area contributed by atoms with E-state index in [9.17, 15) is 4.79 Å². The van der Waals surface area contributed by atoms with Gasteiger partial charge in [0, 0.05) is 11.4 Å². The van der Waals surface area contributed by atoms with Gasteiger partial charge in [-0.1, -0.05) is 37.1 Å². The Labute approximate surface area is 101 Å². The molecule has 0 aliphatic carbocycles. The second-order valence-corrected chi connectivity index (χ2v) is 4.12. The molecule has 0 aliphatic rings. The number of nitrogens with zero attached hydrogens (tertiary/aromatic N) is 1. The summed E-state index contributed by atoms with van der Waals surface area (Å²) in [6, 6.07) is 8.93. The Hall–Kier alpha value is -1.33. The van der Waals surface area contributed by atoms with Gasteiger partial charge in [0.1, 0.15) is 5.92 Å². The van der Waals surface area contributed by atoms with Gasteiger partial charge in [0.05, 0.1) is 6.07 Å². The molecule has 0 amide bonds. The summed E-state index contributed by atoms with van der Waals surface area (Å²) in [6.45, 7) is 2.02. The quantitative estimate of drug-likeness (QED) is 0.781. The molecular weight excluding hydrogens is 222 g/mol. The van der Waals surface area contributed by atoms with E-state index < -0.39 is 5.92 Å². The molecule has 1 unspecified atom stereocenters. The van der Waals surface area contributed by atoms with Gasteiger partial charge < -0.3 is 0 Å². The average molecular weight is 236 g/mol. The van der Waals surface area contributed by atoms with Crippen LogP contribution in [0.5, 0.6) is 0 Å². The summed E-state index contributed by atoms with van der Waals surface area (Å²) < 4.78 is 0. The van der Waals surface area contributed by atoms with E-state index in [-0.39, 0.29) is 5.78 Å². The highest BCUT2D eigenvalue weighted by molar-refractivity contribution is 6.30. The van der Waals surface area contributed by atoms with E-state index in [4.69, 9.17) is 16.9 Å². The largest absolute Gasteiger partial charge is 0.298 e. The van der Waals surface area contributed by atoms with Crippen molar-refractivity contribution in [3.05, 3.63) is 34.9 Å². The second-order valence-electron chi connectivity index (χ2n) is 3.68. The first-order valence-electron chi connectivity index (χ1n) is 5.36. The molecule has 0 N–H and O–H groups in total. The number of carbonyl (C=O) groups excluding carboxylic acids is 1. The maximum absolute atomic E-state index is 11.8. The molecule has 0 aromatic heterocycles. The second kappa shape index (κ2) is 6.30. The summed E-state index contributed by atoms with van der Waals surface area (Å²) in [5.41, 5.74) is 0.730. The lowest BCUT2D eigenvalue weighted by Gasteiger charge is -2.07. The summed E-state index contributed by atoms with van der Waals surface area (Å²) in [5.74, 6) is -0.657. The van der Waals surface area contributed by atoms with Gasteiger partial charge in [-0.2, -0.15) is 5.26 Å². The van der Waals surface area contributed by atoms with Crippen LogP contribution in [0.25, 0.3) is 0 Å². The minimum Gasteiger partial charge on any atom is -0.298 e. The maximum Gasteiger partial charge on any atom is 0.154 e. The molecule has 0 bridgehead atoms. The van der Waals surface area contributed by atoms with Gasteiger partial charge in [0.25, 0.3) is 0 Å². The Morgan fingerprint density at radius 3 is 2.56 bits per heavy atom. The Morgan fingerprint density at radius 1 is 1.44 bits per heavy atom. The van der Waals surface area contributed by atoms with Crippen LogP contribution in [0.4, 0.5) is 0 Å². The first-order valence-corrected chi connectivity index (χ1v) is 5.74. The number of ketones is 1. The van der Waals surface area contributed by atoms with Gasteiger partial charge >= 0.3 is 0 Å². The number of Topliss-reactive ketones (excluding diaryl/α,β-unsaturated/α-hetero) is 1. The highest BCUT2D eigenvalue weighted by atomic mass is 35.5. The molecule has 0 fully saturated rings. The van der Waals surface area contributed by atoms with Crippen LogP contribution in [0.1, 0.15) is 37.7 Å². The number of hydrogen-bond donors (Lipinski definition) is 0. The first kappa shape index (κ1) is 12.7. The molecule has 0 saturated carbocycles. The lowest BCUT2D eigenvalue weighted by molar-refractivity contribution is -0.119. The van der Waals surface area contributed by atoms with E-state index >= 15 is 0 Å².